The molecule has 0 unspecified atom stereocenters. The van der Waals surface area contributed by atoms with Gasteiger partial charge in [-0.1, -0.05) is 30.3 Å². The van der Waals surface area contributed by atoms with Gasteiger partial charge < -0.3 is 20.7 Å². The highest BCUT2D eigenvalue weighted by molar-refractivity contribution is 6.05. The molecular weight excluding hydrogens is 453 g/mol. The maximum Gasteiger partial charge on any atom is 0.573 e. The lowest BCUT2D eigenvalue weighted by Crippen LogP contribution is -2.43. The van der Waals surface area contributed by atoms with E-state index in [0.29, 0.717) is 41.5 Å². The van der Waals surface area contributed by atoms with Crippen LogP contribution in [-0.2, 0) is 11.2 Å². The molecule has 3 aromatic rings. The molecule has 1 aromatic heterocycles. The van der Waals surface area contributed by atoms with E-state index in [9.17, 15) is 27.6 Å². The van der Waals surface area contributed by atoms with Crippen LogP contribution in [0.25, 0.3) is 10.9 Å². The number of nitrogens with zero attached hydrogens (tertiary/aromatic N) is 2. The molecule has 0 saturated carbocycles. The van der Waals surface area contributed by atoms with E-state index in [-0.39, 0.29) is 12.2 Å². The average Bonchev–Trinajstić information content (AvgIpc) is 3.38. The molecule has 0 radical (unpaired) electrons. The van der Waals surface area contributed by atoms with Gasteiger partial charge in [-0.25, -0.2) is 9.59 Å². The van der Waals surface area contributed by atoms with Crippen molar-refractivity contribution in [2.75, 3.05) is 11.9 Å². The smallest absolute Gasteiger partial charge is 0.406 e. The van der Waals surface area contributed by atoms with Crippen molar-refractivity contribution in [3.8, 4) is 5.75 Å². The van der Waals surface area contributed by atoms with Crippen molar-refractivity contribution >= 4 is 34.4 Å². The van der Waals surface area contributed by atoms with Crippen LogP contribution < -0.4 is 15.8 Å². The standard InChI is InChI=1S/C23H21F3N4O4/c24-23(25,26)34-15-6-3-5-14(11-15)12-20(31)19-9-4-10-29(19)22(33)28-17-13-30(21(27)32)18-8-2-1-7-16(17)18/h1-3,5-8,11,13,19H,4,9-10,12H2,(H2,27,32)(H,28,33)/t19-/m0/s1. The third-order valence-electron chi connectivity index (χ3n) is 5.59. The third kappa shape index (κ3) is 4.98. The summed E-state index contributed by atoms with van der Waals surface area (Å²) in [6.07, 6.45) is -2.52. The molecule has 1 fully saturated rings. The molecule has 1 saturated heterocycles. The largest absolute Gasteiger partial charge is 0.573 e. The number of aromatic nitrogens is 1. The van der Waals surface area contributed by atoms with Crippen molar-refractivity contribution in [3.05, 3.63) is 60.3 Å². The van der Waals surface area contributed by atoms with Crippen molar-refractivity contribution in [1.29, 1.82) is 0 Å². The number of ketones is 1. The SMILES string of the molecule is NC(=O)n1cc(NC(=O)N2CCC[C@H]2C(=O)Cc2cccc(OC(F)(F)F)c2)c2ccccc21. The molecule has 0 aliphatic carbocycles. The summed E-state index contributed by atoms with van der Waals surface area (Å²) in [5, 5.41) is 3.36. The van der Waals surface area contributed by atoms with Crippen LogP contribution in [0.2, 0.25) is 0 Å². The van der Waals surface area contributed by atoms with Crippen LogP contribution in [-0.4, -0.2) is 46.3 Å². The summed E-state index contributed by atoms with van der Waals surface area (Å²) in [4.78, 5) is 39.1. The van der Waals surface area contributed by atoms with Crippen LogP contribution in [0.4, 0.5) is 28.4 Å². The fourth-order valence-electron chi connectivity index (χ4n) is 4.16. The predicted octanol–water partition coefficient (Wildman–Crippen LogP) is 4.27. The number of carbonyl (C=O) groups excluding carboxylic acids is 3. The summed E-state index contributed by atoms with van der Waals surface area (Å²) in [7, 11) is 0. The minimum absolute atomic E-state index is 0.148. The van der Waals surface area contributed by atoms with Gasteiger partial charge in [-0.3, -0.25) is 9.36 Å². The number of hydrogen-bond donors (Lipinski definition) is 2. The van der Waals surface area contributed by atoms with Gasteiger partial charge in [-0.2, -0.15) is 0 Å². The maximum absolute atomic E-state index is 13.0. The summed E-state index contributed by atoms with van der Waals surface area (Å²) in [6.45, 7) is 0.341. The number of nitrogens with two attached hydrogens (primary N) is 1. The second kappa shape index (κ2) is 9.08. The molecule has 2 heterocycles. The Labute approximate surface area is 192 Å². The minimum atomic E-state index is -4.83. The van der Waals surface area contributed by atoms with Crippen LogP contribution >= 0.6 is 0 Å². The molecule has 0 bridgehead atoms. The van der Waals surface area contributed by atoms with Crippen LogP contribution in [0.15, 0.2) is 54.7 Å². The molecule has 3 N–H and O–H groups in total. The summed E-state index contributed by atoms with van der Waals surface area (Å²) >= 11 is 0. The molecule has 0 spiro atoms. The zero-order valence-electron chi connectivity index (χ0n) is 17.8. The first-order chi connectivity index (χ1) is 16.1. The van der Waals surface area contributed by atoms with Crippen molar-refractivity contribution in [2.45, 2.75) is 31.7 Å². The number of rotatable bonds is 5. The molecule has 1 aliphatic heterocycles. The summed E-state index contributed by atoms with van der Waals surface area (Å²) in [5.74, 6) is -0.707. The van der Waals surface area contributed by atoms with E-state index in [1.807, 2.05) is 0 Å². The number of hydrogen-bond acceptors (Lipinski definition) is 4. The summed E-state index contributed by atoms with van der Waals surface area (Å²) < 4.78 is 42.6. The maximum atomic E-state index is 13.0. The zero-order chi connectivity index (χ0) is 24.5. The van der Waals surface area contributed by atoms with Gasteiger partial charge in [0.15, 0.2) is 5.78 Å². The van der Waals surface area contributed by atoms with Gasteiger partial charge in [0, 0.05) is 24.5 Å². The first-order valence-electron chi connectivity index (χ1n) is 10.5. The highest BCUT2D eigenvalue weighted by Gasteiger charge is 2.35. The minimum Gasteiger partial charge on any atom is -0.406 e. The molecule has 3 amide bonds. The highest BCUT2D eigenvalue weighted by atomic mass is 19.4. The third-order valence-corrected chi connectivity index (χ3v) is 5.59. The Balaban J connectivity index is 1.48. The van der Waals surface area contributed by atoms with Crippen LogP contribution in [0, 0.1) is 0 Å². The van der Waals surface area contributed by atoms with Gasteiger partial charge in [-0.05, 0) is 36.6 Å². The lowest BCUT2D eigenvalue weighted by molar-refractivity contribution is -0.274. The van der Waals surface area contributed by atoms with Crippen molar-refractivity contribution in [3.63, 3.8) is 0 Å². The number of anilines is 1. The molecule has 11 heteroatoms. The van der Waals surface area contributed by atoms with Gasteiger partial charge in [0.1, 0.15) is 5.75 Å². The van der Waals surface area contributed by atoms with Gasteiger partial charge >= 0.3 is 18.4 Å². The number of amides is 3. The highest BCUT2D eigenvalue weighted by Crippen LogP contribution is 2.28. The topological polar surface area (TPSA) is 107 Å². The fourth-order valence-corrected chi connectivity index (χ4v) is 4.16. The number of carbonyl (C=O) groups is 3. The van der Waals surface area contributed by atoms with Crippen LogP contribution in [0.5, 0.6) is 5.75 Å². The van der Waals surface area contributed by atoms with Crippen molar-refractivity contribution in [1.82, 2.24) is 9.47 Å². The Morgan fingerprint density at radius 3 is 2.62 bits per heavy atom. The van der Waals surface area contributed by atoms with Gasteiger partial charge in [0.25, 0.3) is 0 Å². The number of Topliss-reactive ketones (excluding diaryl/α,β-unsaturated/α-hetero) is 1. The molecule has 34 heavy (non-hydrogen) atoms. The Kier molecular flexibility index (Phi) is 6.18. The molecule has 1 atom stereocenters. The molecule has 4 rings (SSSR count). The van der Waals surface area contributed by atoms with E-state index in [1.165, 1.54) is 27.8 Å². The number of nitrogens with one attached hydrogen (secondary N) is 1. The van der Waals surface area contributed by atoms with E-state index in [4.69, 9.17) is 5.73 Å². The normalized spacial score (nSPS) is 16.0. The van der Waals surface area contributed by atoms with E-state index in [1.54, 1.807) is 24.3 Å². The monoisotopic (exact) mass is 474 g/mol. The first kappa shape index (κ1) is 23.1. The number of alkyl halides is 3. The van der Waals surface area contributed by atoms with Gasteiger partial charge in [0.2, 0.25) is 0 Å². The molecule has 2 aromatic carbocycles. The van der Waals surface area contributed by atoms with Gasteiger partial charge in [0.05, 0.1) is 17.2 Å². The average molecular weight is 474 g/mol. The van der Waals surface area contributed by atoms with E-state index in [0.717, 1.165) is 12.1 Å². The number of urea groups is 1. The molecular formula is C23H21F3N4O4. The van der Waals surface area contributed by atoms with Crippen molar-refractivity contribution in [2.24, 2.45) is 5.73 Å². The molecule has 8 nitrogen and oxygen atoms in total. The molecule has 178 valence electrons. The number of para-hydroxylation sites is 1. The second-order valence-corrected chi connectivity index (χ2v) is 7.89. The number of benzene rings is 2. The van der Waals surface area contributed by atoms with Gasteiger partial charge in [-0.15, -0.1) is 13.2 Å². The number of halogens is 3. The number of ether oxygens (including phenoxy) is 1. The Morgan fingerprint density at radius 1 is 1.12 bits per heavy atom. The van der Waals surface area contributed by atoms with Crippen molar-refractivity contribution < 1.29 is 32.3 Å². The first-order valence-corrected chi connectivity index (χ1v) is 10.5. The van der Waals surface area contributed by atoms with Crippen LogP contribution in [0.3, 0.4) is 0 Å². The Hall–Kier alpha value is -4.02. The number of fused-ring (bicyclic) bond motifs is 1. The Bertz CT molecular complexity index is 1250. The molecule has 1 aliphatic rings. The van der Waals surface area contributed by atoms with E-state index < -0.39 is 30.2 Å². The zero-order valence-corrected chi connectivity index (χ0v) is 17.8. The number of likely N-dealkylation sites (tertiary alicyclic amines) is 1. The van der Waals surface area contributed by atoms with E-state index >= 15 is 0 Å². The predicted molar refractivity (Wildman–Crippen MR) is 118 cm³/mol. The van der Waals surface area contributed by atoms with Crippen LogP contribution in [0.1, 0.15) is 18.4 Å². The summed E-state index contributed by atoms with van der Waals surface area (Å²) in [5.41, 5.74) is 6.66. The fraction of sp³-hybridized carbons (Fsp3) is 0.261. The Morgan fingerprint density at radius 2 is 1.88 bits per heavy atom. The number of primary amides is 1. The summed E-state index contributed by atoms with van der Waals surface area (Å²) in [6, 6.07) is 10.2. The van der Waals surface area contributed by atoms with E-state index in [2.05, 4.69) is 10.1 Å². The quantitative estimate of drug-likeness (QED) is 0.576. The second-order valence-electron chi connectivity index (χ2n) is 7.89. The lowest BCUT2D eigenvalue weighted by Gasteiger charge is -2.24. The lowest BCUT2D eigenvalue weighted by atomic mass is 10.0.